The first kappa shape index (κ1) is 17.5. The summed E-state index contributed by atoms with van der Waals surface area (Å²) in [4.78, 5) is 26.1. The van der Waals surface area contributed by atoms with Gasteiger partial charge in [0.1, 0.15) is 0 Å². The van der Waals surface area contributed by atoms with Crippen LogP contribution in [0.5, 0.6) is 0 Å². The highest BCUT2D eigenvalue weighted by Gasteiger charge is 2.22. The topological polar surface area (TPSA) is 61.4 Å². The number of carbonyl (C=O) groups excluding carboxylic acids is 2. The van der Waals surface area contributed by atoms with E-state index in [0.717, 1.165) is 13.1 Å². The lowest BCUT2D eigenvalue weighted by Crippen LogP contribution is -2.34. The van der Waals surface area contributed by atoms with Crippen molar-refractivity contribution in [1.29, 1.82) is 0 Å². The van der Waals surface area contributed by atoms with Gasteiger partial charge in [-0.15, -0.1) is 0 Å². The minimum atomic E-state index is -0.106. The number of benzene rings is 1. The largest absolute Gasteiger partial charge is 0.345 e. The molecule has 2 atom stereocenters. The second-order valence-corrected chi connectivity index (χ2v) is 6.58. The number of amides is 2. The Labute approximate surface area is 138 Å². The Hall–Kier alpha value is -1.88. The average molecular weight is 317 g/mol. The van der Waals surface area contributed by atoms with Crippen LogP contribution < -0.4 is 10.6 Å². The van der Waals surface area contributed by atoms with Crippen LogP contribution >= 0.6 is 0 Å². The molecule has 1 saturated heterocycles. The highest BCUT2D eigenvalue weighted by atomic mass is 16.2. The number of hydrogen-bond acceptors (Lipinski definition) is 3. The smallest absolute Gasteiger partial charge is 0.255 e. The van der Waals surface area contributed by atoms with Gasteiger partial charge in [-0.25, -0.2) is 0 Å². The van der Waals surface area contributed by atoms with Crippen LogP contribution in [0.3, 0.4) is 0 Å². The second-order valence-electron chi connectivity index (χ2n) is 6.58. The number of carbonyl (C=O) groups is 2. The summed E-state index contributed by atoms with van der Waals surface area (Å²) in [7, 11) is 3.41. The van der Waals surface area contributed by atoms with Crippen LogP contribution in [0, 0.1) is 11.8 Å². The summed E-state index contributed by atoms with van der Waals surface area (Å²) in [5, 5.41) is 6.30. The van der Waals surface area contributed by atoms with Gasteiger partial charge in [0.25, 0.3) is 5.91 Å². The predicted octanol–water partition coefficient (Wildman–Crippen LogP) is 2.35. The standard InChI is InChI=1S/C18H27N3O2/c1-13(14-7-6-10-19-12-14)11-17(22)20-16-9-5-4-8-15(16)18(23)21(2)3/h4-5,8-9,13-14,19H,6-7,10-12H2,1-3H3,(H,20,22). The molecule has 1 fully saturated rings. The van der Waals surface area contributed by atoms with Gasteiger partial charge in [0.15, 0.2) is 0 Å². The summed E-state index contributed by atoms with van der Waals surface area (Å²) in [6, 6.07) is 7.16. The average Bonchev–Trinajstić information content (AvgIpc) is 2.55. The minimum Gasteiger partial charge on any atom is -0.345 e. The van der Waals surface area contributed by atoms with Crippen LogP contribution in [0.4, 0.5) is 5.69 Å². The number of para-hydroxylation sites is 1. The van der Waals surface area contributed by atoms with E-state index in [1.807, 2.05) is 12.1 Å². The van der Waals surface area contributed by atoms with Crippen molar-refractivity contribution in [3.05, 3.63) is 29.8 Å². The SMILES string of the molecule is CC(CC(=O)Nc1ccccc1C(=O)N(C)C)C1CCCNC1. The molecule has 0 bridgehead atoms. The molecule has 0 radical (unpaired) electrons. The molecule has 1 aliphatic rings. The zero-order valence-electron chi connectivity index (χ0n) is 14.3. The van der Waals surface area contributed by atoms with E-state index in [-0.39, 0.29) is 11.8 Å². The highest BCUT2D eigenvalue weighted by molar-refractivity contribution is 6.03. The van der Waals surface area contributed by atoms with E-state index in [1.165, 1.54) is 17.7 Å². The van der Waals surface area contributed by atoms with Crippen molar-refractivity contribution < 1.29 is 9.59 Å². The summed E-state index contributed by atoms with van der Waals surface area (Å²) in [6.45, 7) is 4.20. The number of hydrogen-bond donors (Lipinski definition) is 2. The van der Waals surface area contributed by atoms with Crippen molar-refractivity contribution in [3.63, 3.8) is 0 Å². The van der Waals surface area contributed by atoms with Gasteiger partial charge >= 0.3 is 0 Å². The molecular formula is C18H27N3O2. The van der Waals surface area contributed by atoms with Gasteiger partial charge in [-0.3, -0.25) is 9.59 Å². The van der Waals surface area contributed by atoms with Gasteiger partial charge in [0.05, 0.1) is 11.3 Å². The molecule has 0 saturated carbocycles. The Morgan fingerprint density at radius 1 is 1.35 bits per heavy atom. The van der Waals surface area contributed by atoms with E-state index in [1.54, 1.807) is 26.2 Å². The molecular weight excluding hydrogens is 290 g/mol. The monoisotopic (exact) mass is 317 g/mol. The molecule has 2 amide bonds. The van der Waals surface area contributed by atoms with E-state index in [0.29, 0.717) is 29.5 Å². The van der Waals surface area contributed by atoms with E-state index >= 15 is 0 Å². The Bertz CT molecular complexity index is 551. The third-order valence-corrected chi connectivity index (χ3v) is 4.48. The molecule has 23 heavy (non-hydrogen) atoms. The molecule has 5 heteroatoms. The zero-order chi connectivity index (χ0) is 16.8. The van der Waals surface area contributed by atoms with Gasteiger partial charge in [-0.05, 0) is 49.9 Å². The van der Waals surface area contributed by atoms with E-state index in [9.17, 15) is 9.59 Å². The molecule has 2 unspecified atom stereocenters. The van der Waals surface area contributed by atoms with Crippen LogP contribution in [0.15, 0.2) is 24.3 Å². The van der Waals surface area contributed by atoms with Crippen molar-refractivity contribution in [2.75, 3.05) is 32.5 Å². The molecule has 126 valence electrons. The molecule has 5 nitrogen and oxygen atoms in total. The molecule has 0 aromatic heterocycles. The fraction of sp³-hybridized carbons (Fsp3) is 0.556. The van der Waals surface area contributed by atoms with Crippen molar-refractivity contribution >= 4 is 17.5 Å². The van der Waals surface area contributed by atoms with Crippen LogP contribution in [-0.2, 0) is 4.79 Å². The predicted molar refractivity (Wildman–Crippen MR) is 92.5 cm³/mol. The zero-order valence-corrected chi connectivity index (χ0v) is 14.3. The van der Waals surface area contributed by atoms with Crippen LogP contribution in [-0.4, -0.2) is 43.9 Å². The Morgan fingerprint density at radius 2 is 2.09 bits per heavy atom. The molecule has 1 aliphatic heterocycles. The number of nitrogens with one attached hydrogen (secondary N) is 2. The quantitative estimate of drug-likeness (QED) is 0.876. The van der Waals surface area contributed by atoms with Gasteiger partial charge in [-0.2, -0.15) is 0 Å². The van der Waals surface area contributed by atoms with Crippen molar-refractivity contribution in [2.24, 2.45) is 11.8 Å². The maximum atomic E-state index is 12.4. The molecule has 1 aromatic carbocycles. The van der Waals surface area contributed by atoms with Gasteiger partial charge in [0.2, 0.25) is 5.91 Å². The van der Waals surface area contributed by atoms with Crippen LogP contribution in [0.1, 0.15) is 36.5 Å². The second kappa shape index (κ2) is 8.11. The molecule has 2 rings (SSSR count). The minimum absolute atomic E-state index is 0.0259. The van der Waals surface area contributed by atoms with E-state index in [2.05, 4.69) is 17.6 Å². The molecule has 1 heterocycles. The summed E-state index contributed by atoms with van der Waals surface area (Å²) in [6.07, 6.45) is 2.84. The van der Waals surface area contributed by atoms with Gasteiger partial charge < -0.3 is 15.5 Å². The van der Waals surface area contributed by atoms with Crippen LogP contribution in [0.25, 0.3) is 0 Å². The van der Waals surface area contributed by atoms with Crippen molar-refractivity contribution in [1.82, 2.24) is 10.2 Å². The summed E-state index contributed by atoms with van der Waals surface area (Å²) >= 11 is 0. The van der Waals surface area contributed by atoms with Crippen LogP contribution in [0.2, 0.25) is 0 Å². The third kappa shape index (κ3) is 4.79. The van der Waals surface area contributed by atoms with Crippen molar-refractivity contribution in [2.45, 2.75) is 26.2 Å². The number of piperidine rings is 1. The first-order chi connectivity index (χ1) is 11.0. The molecule has 0 spiro atoms. The molecule has 1 aromatic rings. The lowest BCUT2D eigenvalue weighted by Gasteiger charge is -2.28. The fourth-order valence-corrected chi connectivity index (χ4v) is 3.04. The first-order valence-corrected chi connectivity index (χ1v) is 8.30. The maximum absolute atomic E-state index is 12.4. The molecule has 2 N–H and O–H groups in total. The Balaban J connectivity index is 1.98. The summed E-state index contributed by atoms with van der Waals surface area (Å²) in [5.74, 6) is 0.750. The van der Waals surface area contributed by atoms with E-state index in [4.69, 9.17) is 0 Å². The number of anilines is 1. The lowest BCUT2D eigenvalue weighted by atomic mass is 9.85. The Morgan fingerprint density at radius 3 is 2.74 bits per heavy atom. The lowest BCUT2D eigenvalue weighted by molar-refractivity contribution is -0.117. The van der Waals surface area contributed by atoms with Crippen molar-refractivity contribution in [3.8, 4) is 0 Å². The number of nitrogens with zero attached hydrogens (tertiary/aromatic N) is 1. The normalized spacial score (nSPS) is 19.0. The number of rotatable bonds is 5. The summed E-state index contributed by atoms with van der Waals surface area (Å²) < 4.78 is 0. The summed E-state index contributed by atoms with van der Waals surface area (Å²) in [5.41, 5.74) is 1.11. The maximum Gasteiger partial charge on any atom is 0.255 e. The van der Waals surface area contributed by atoms with E-state index < -0.39 is 0 Å². The first-order valence-electron chi connectivity index (χ1n) is 8.30. The molecule has 0 aliphatic carbocycles. The van der Waals surface area contributed by atoms with Gasteiger partial charge in [0, 0.05) is 20.5 Å². The Kier molecular flexibility index (Phi) is 6.16. The highest BCUT2D eigenvalue weighted by Crippen LogP contribution is 2.24. The third-order valence-electron chi connectivity index (χ3n) is 4.48. The fourth-order valence-electron chi connectivity index (χ4n) is 3.04. The van der Waals surface area contributed by atoms with Gasteiger partial charge in [-0.1, -0.05) is 19.1 Å².